The molecule has 12 heteroatoms. The van der Waals surface area contributed by atoms with Crippen LogP contribution in [0.25, 0.3) is 11.3 Å². The van der Waals surface area contributed by atoms with E-state index in [9.17, 15) is 13.2 Å². The molecule has 0 radical (unpaired) electrons. The zero-order valence-corrected chi connectivity index (χ0v) is 19.5. The van der Waals surface area contributed by atoms with E-state index in [1.54, 1.807) is 17.2 Å². The number of hydrogen-bond acceptors (Lipinski definition) is 8. The monoisotopic (exact) mass is 505 g/mol. The third kappa shape index (κ3) is 5.25. The minimum absolute atomic E-state index is 0.0385. The molecule has 0 atom stereocenters. The van der Waals surface area contributed by atoms with E-state index in [1.165, 1.54) is 12.3 Å². The van der Waals surface area contributed by atoms with Gasteiger partial charge < -0.3 is 19.4 Å². The minimum Gasteiger partial charge on any atom is -0.378 e. The van der Waals surface area contributed by atoms with Gasteiger partial charge in [-0.05, 0) is 24.3 Å². The van der Waals surface area contributed by atoms with Crippen LogP contribution in [0.1, 0.15) is 5.56 Å². The first-order valence-corrected chi connectivity index (χ1v) is 11.6. The summed E-state index contributed by atoms with van der Waals surface area (Å²) >= 11 is 6.11. The van der Waals surface area contributed by atoms with Crippen molar-refractivity contribution in [1.29, 1.82) is 0 Å². The van der Waals surface area contributed by atoms with Crippen LogP contribution in [-0.2, 0) is 10.9 Å². The van der Waals surface area contributed by atoms with E-state index in [0.717, 1.165) is 11.6 Å². The Morgan fingerprint density at radius 3 is 2.29 bits per heavy atom. The van der Waals surface area contributed by atoms with Crippen molar-refractivity contribution in [2.24, 2.45) is 0 Å². The third-order valence-electron chi connectivity index (χ3n) is 6.01. The van der Waals surface area contributed by atoms with E-state index in [1.807, 2.05) is 12.1 Å². The predicted molar refractivity (Wildman–Crippen MR) is 127 cm³/mol. The van der Waals surface area contributed by atoms with Gasteiger partial charge in [0.05, 0.1) is 24.5 Å². The Kier molecular flexibility index (Phi) is 6.61. The SMILES string of the molecule is FC(F)(F)c1cccnc1N1CCN(c2cc(-c3ccnc(Cl)c3)nc(N3CCOCC3)n2)CC1. The summed E-state index contributed by atoms with van der Waals surface area (Å²) in [5.41, 5.74) is 0.791. The lowest BCUT2D eigenvalue weighted by atomic mass is 10.2. The topological polar surface area (TPSA) is 70.5 Å². The van der Waals surface area contributed by atoms with Crippen molar-refractivity contribution in [1.82, 2.24) is 19.9 Å². The maximum Gasteiger partial charge on any atom is 0.419 e. The lowest BCUT2D eigenvalue weighted by molar-refractivity contribution is -0.137. The normalized spacial score (nSPS) is 17.1. The van der Waals surface area contributed by atoms with Gasteiger partial charge in [-0.25, -0.2) is 15.0 Å². The Bertz CT molecular complexity index is 1180. The summed E-state index contributed by atoms with van der Waals surface area (Å²) in [5.74, 6) is 1.25. The van der Waals surface area contributed by atoms with Gasteiger partial charge in [0.25, 0.3) is 0 Å². The van der Waals surface area contributed by atoms with E-state index >= 15 is 0 Å². The van der Waals surface area contributed by atoms with Crippen LogP contribution >= 0.6 is 11.6 Å². The standard InChI is InChI=1S/C23H23ClF3N7O/c24-19-14-16(3-5-28-19)18-15-20(31-22(30-18)34-10-12-35-13-11-34)32-6-8-33(9-7-32)21-17(23(25,26)27)2-1-4-29-21/h1-5,14-15H,6-13H2. The van der Waals surface area contributed by atoms with Crippen LogP contribution in [0.4, 0.5) is 30.8 Å². The molecule has 0 bridgehead atoms. The molecular formula is C23H23ClF3N7O. The number of aromatic nitrogens is 4. The van der Waals surface area contributed by atoms with E-state index in [4.69, 9.17) is 26.3 Å². The maximum absolute atomic E-state index is 13.5. The molecule has 0 saturated carbocycles. The first-order chi connectivity index (χ1) is 16.9. The molecule has 0 amide bonds. The number of halogens is 4. The zero-order chi connectivity index (χ0) is 24.4. The van der Waals surface area contributed by atoms with Gasteiger partial charge >= 0.3 is 6.18 Å². The van der Waals surface area contributed by atoms with Crippen molar-refractivity contribution in [3.63, 3.8) is 0 Å². The second kappa shape index (κ2) is 9.82. The number of alkyl halides is 3. The molecular weight excluding hydrogens is 483 g/mol. The number of nitrogens with zero attached hydrogens (tertiary/aromatic N) is 7. The summed E-state index contributed by atoms with van der Waals surface area (Å²) in [6.07, 6.45) is -1.44. The fraction of sp³-hybridized carbons (Fsp3) is 0.391. The summed E-state index contributed by atoms with van der Waals surface area (Å²) in [6.45, 7) is 4.28. The van der Waals surface area contributed by atoms with Crippen LogP contribution in [0, 0.1) is 0 Å². The predicted octanol–water partition coefficient (Wildman–Crippen LogP) is 3.77. The number of ether oxygens (including phenoxy) is 1. The number of morpholine rings is 1. The second-order valence-corrected chi connectivity index (χ2v) is 8.61. The molecule has 184 valence electrons. The van der Waals surface area contributed by atoms with Crippen LogP contribution < -0.4 is 14.7 Å². The van der Waals surface area contributed by atoms with Crippen LogP contribution in [-0.4, -0.2) is 72.4 Å². The molecule has 35 heavy (non-hydrogen) atoms. The Morgan fingerprint density at radius 2 is 1.57 bits per heavy atom. The molecule has 5 rings (SSSR count). The highest BCUT2D eigenvalue weighted by Crippen LogP contribution is 2.36. The molecule has 3 aromatic rings. The van der Waals surface area contributed by atoms with Crippen molar-refractivity contribution in [3.05, 3.63) is 53.4 Å². The molecule has 0 unspecified atom stereocenters. The van der Waals surface area contributed by atoms with E-state index < -0.39 is 11.7 Å². The van der Waals surface area contributed by atoms with E-state index in [2.05, 4.69) is 19.8 Å². The van der Waals surface area contributed by atoms with Gasteiger partial charge in [-0.2, -0.15) is 18.2 Å². The summed E-state index contributed by atoms with van der Waals surface area (Å²) < 4.78 is 45.9. The second-order valence-electron chi connectivity index (χ2n) is 8.22. The highest BCUT2D eigenvalue weighted by atomic mass is 35.5. The van der Waals surface area contributed by atoms with Gasteiger partial charge in [-0.3, -0.25) is 0 Å². The van der Waals surface area contributed by atoms with Crippen molar-refractivity contribution in [2.75, 3.05) is 67.2 Å². The molecule has 0 spiro atoms. The molecule has 2 aliphatic heterocycles. The van der Waals surface area contributed by atoms with Gasteiger partial charge in [0, 0.05) is 63.3 Å². The van der Waals surface area contributed by atoms with Crippen LogP contribution in [0.5, 0.6) is 0 Å². The largest absolute Gasteiger partial charge is 0.419 e. The average Bonchev–Trinajstić information content (AvgIpc) is 2.88. The fourth-order valence-corrected chi connectivity index (χ4v) is 4.39. The van der Waals surface area contributed by atoms with Gasteiger partial charge in [0.2, 0.25) is 5.95 Å². The maximum atomic E-state index is 13.5. The molecule has 3 aromatic heterocycles. The molecule has 5 heterocycles. The third-order valence-corrected chi connectivity index (χ3v) is 6.22. The Balaban J connectivity index is 1.42. The van der Waals surface area contributed by atoms with Crippen LogP contribution in [0.3, 0.4) is 0 Å². The lowest BCUT2D eigenvalue weighted by Crippen LogP contribution is -2.48. The molecule has 2 fully saturated rings. The summed E-state index contributed by atoms with van der Waals surface area (Å²) in [5, 5.41) is 0.361. The molecule has 8 nitrogen and oxygen atoms in total. The lowest BCUT2D eigenvalue weighted by Gasteiger charge is -2.37. The fourth-order valence-electron chi connectivity index (χ4n) is 4.22. The van der Waals surface area contributed by atoms with Gasteiger partial charge in [-0.15, -0.1) is 0 Å². The van der Waals surface area contributed by atoms with E-state index in [0.29, 0.717) is 75.1 Å². The molecule has 0 aromatic carbocycles. The highest BCUT2D eigenvalue weighted by Gasteiger charge is 2.36. The zero-order valence-electron chi connectivity index (χ0n) is 18.7. The van der Waals surface area contributed by atoms with Gasteiger partial charge in [-0.1, -0.05) is 11.6 Å². The molecule has 0 N–H and O–H groups in total. The minimum atomic E-state index is -4.46. The average molecular weight is 506 g/mol. The summed E-state index contributed by atoms with van der Waals surface area (Å²) in [4.78, 5) is 23.4. The number of anilines is 3. The smallest absolute Gasteiger partial charge is 0.378 e. The van der Waals surface area contributed by atoms with Gasteiger partial charge in [0.1, 0.15) is 16.8 Å². The van der Waals surface area contributed by atoms with Crippen molar-refractivity contribution < 1.29 is 17.9 Å². The highest BCUT2D eigenvalue weighted by molar-refractivity contribution is 6.29. The van der Waals surface area contributed by atoms with Gasteiger partial charge in [0.15, 0.2) is 0 Å². The first kappa shape index (κ1) is 23.6. The van der Waals surface area contributed by atoms with Crippen molar-refractivity contribution in [3.8, 4) is 11.3 Å². The summed E-state index contributed by atoms with van der Waals surface area (Å²) in [7, 11) is 0. The number of rotatable bonds is 4. The molecule has 0 aliphatic carbocycles. The number of piperazine rings is 1. The van der Waals surface area contributed by atoms with Crippen LogP contribution in [0.2, 0.25) is 5.15 Å². The molecule has 2 aliphatic rings. The van der Waals surface area contributed by atoms with Crippen molar-refractivity contribution in [2.45, 2.75) is 6.18 Å². The Morgan fingerprint density at radius 1 is 0.829 bits per heavy atom. The quantitative estimate of drug-likeness (QED) is 0.496. The molecule has 2 saturated heterocycles. The first-order valence-electron chi connectivity index (χ1n) is 11.2. The summed E-state index contributed by atoms with van der Waals surface area (Å²) in [6, 6.07) is 7.84. The number of pyridine rings is 2. The van der Waals surface area contributed by atoms with Crippen molar-refractivity contribution >= 4 is 29.2 Å². The van der Waals surface area contributed by atoms with E-state index in [-0.39, 0.29) is 5.82 Å². The van der Waals surface area contributed by atoms with Crippen LogP contribution in [0.15, 0.2) is 42.7 Å². The number of hydrogen-bond donors (Lipinski definition) is 0. The Labute approximate surface area is 205 Å². The Hall–Kier alpha value is -3.18.